The Morgan fingerprint density at radius 2 is 1.75 bits per heavy atom. The second kappa shape index (κ2) is 5.19. The predicted molar refractivity (Wildman–Crippen MR) is 69.1 cm³/mol. The van der Waals surface area contributed by atoms with E-state index in [1.54, 1.807) is 12.3 Å². The maximum Gasteiger partial charge on any atom is 0.433 e. The normalized spacial score (nSPS) is 11.9. The summed E-state index contributed by atoms with van der Waals surface area (Å²) in [6, 6.07) is 4.44. The van der Waals surface area contributed by atoms with Crippen LogP contribution in [-0.4, -0.2) is 15.0 Å². The molecular formula is C14H14F3N3. The largest absolute Gasteiger partial charge is 0.433 e. The maximum absolute atomic E-state index is 12.7. The number of aromatic nitrogens is 3. The number of aryl methyl sites for hydroxylation is 1. The van der Waals surface area contributed by atoms with Crippen LogP contribution in [0.5, 0.6) is 0 Å². The minimum Gasteiger partial charge on any atom is -0.254 e. The van der Waals surface area contributed by atoms with Gasteiger partial charge < -0.3 is 0 Å². The van der Waals surface area contributed by atoms with Gasteiger partial charge in [0.2, 0.25) is 0 Å². The highest BCUT2D eigenvalue weighted by atomic mass is 19.4. The van der Waals surface area contributed by atoms with Gasteiger partial charge in [-0.15, -0.1) is 0 Å². The molecule has 0 aliphatic rings. The van der Waals surface area contributed by atoms with Crippen LogP contribution in [0.25, 0.3) is 11.4 Å². The molecule has 0 aliphatic heterocycles. The molecule has 0 aliphatic carbocycles. The number of hydrogen-bond donors (Lipinski definition) is 0. The zero-order valence-corrected chi connectivity index (χ0v) is 11.4. The number of halogens is 3. The van der Waals surface area contributed by atoms with Crippen molar-refractivity contribution in [2.45, 2.75) is 32.9 Å². The van der Waals surface area contributed by atoms with Crippen molar-refractivity contribution >= 4 is 0 Å². The van der Waals surface area contributed by atoms with Crippen molar-refractivity contribution in [2.75, 3.05) is 0 Å². The molecule has 2 rings (SSSR count). The quantitative estimate of drug-likeness (QED) is 0.835. The maximum atomic E-state index is 12.7. The molecule has 0 atom stereocenters. The van der Waals surface area contributed by atoms with Crippen molar-refractivity contribution in [3.05, 3.63) is 41.5 Å². The first-order chi connectivity index (χ1) is 9.27. The highest BCUT2D eigenvalue weighted by molar-refractivity contribution is 5.54. The molecule has 106 valence electrons. The molecule has 0 saturated carbocycles. The number of hydrogen-bond acceptors (Lipinski definition) is 3. The van der Waals surface area contributed by atoms with Crippen molar-refractivity contribution < 1.29 is 13.2 Å². The molecule has 0 bridgehead atoms. The molecule has 0 amide bonds. The van der Waals surface area contributed by atoms with Crippen LogP contribution in [0.15, 0.2) is 24.4 Å². The third kappa shape index (κ3) is 3.12. The minimum atomic E-state index is -4.49. The van der Waals surface area contributed by atoms with Crippen LogP contribution in [0.1, 0.15) is 36.8 Å². The lowest BCUT2D eigenvalue weighted by Gasteiger charge is -2.09. The van der Waals surface area contributed by atoms with Gasteiger partial charge in [-0.05, 0) is 30.5 Å². The topological polar surface area (TPSA) is 38.7 Å². The molecule has 2 aromatic rings. The van der Waals surface area contributed by atoms with Gasteiger partial charge in [-0.25, -0.2) is 9.97 Å². The lowest BCUT2D eigenvalue weighted by atomic mass is 10.1. The zero-order chi connectivity index (χ0) is 14.9. The molecule has 0 aromatic carbocycles. The first-order valence-corrected chi connectivity index (χ1v) is 6.16. The van der Waals surface area contributed by atoms with Gasteiger partial charge in [-0.3, -0.25) is 4.98 Å². The third-order valence-electron chi connectivity index (χ3n) is 2.84. The highest BCUT2D eigenvalue weighted by Gasteiger charge is 2.33. The summed E-state index contributed by atoms with van der Waals surface area (Å²) in [5, 5.41) is 0. The fraction of sp³-hybridized carbons (Fsp3) is 0.357. The minimum absolute atomic E-state index is 0.0737. The SMILES string of the molecule is Cc1nc(-c2ccc(C(C)C)cn2)cc(C(F)(F)F)n1. The predicted octanol–water partition coefficient (Wildman–Crippen LogP) is 3.99. The van der Waals surface area contributed by atoms with Crippen LogP contribution in [0.4, 0.5) is 13.2 Å². The van der Waals surface area contributed by atoms with Gasteiger partial charge in [-0.2, -0.15) is 13.2 Å². The molecule has 0 radical (unpaired) electrons. The van der Waals surface area contributed by atoms with E-state index >= 15 is 0 Å². The first kappa shape index (κ1) is 14.4. The van der Waals surface area contributed by atoms with Gasteiger partial charge in [0.15, 0.2) is 0 Å². The van der Waals surface area contributed by atoms with Crippen LogP contribution in [0.3, 0.4) is 0 Å². The second-order valence-corrected chi connectivity index (χ2v) is 4.81. The van der Waals surface area contributed by atoms with E-state index in [2.05, 4.69) is 15.0 Å². The Morgan fingerprint density at radius 3 is 2.25 bits per heavy atom. The molecule has 0 saturated heterocycles. The first-order valence-electron chi connectivity index (χ1n) is 6.16. The van der Waals surface area contributed by atoms with E-state index in [9.17, 15) is 13.2 Å². The number of rotatable bonds is 2. The van der Waals surface area contributed by atoms with E-state index in [0.29, 0.717) is 11.6 Å². The van der Waals surface area contributed by atoms with Crippen LogP contribution in [0, 0.1) is 6.92 Å². The summed E-state index contributed by atoms with van der Waals surface area (Å²) < 4.78 is 38.2. The van der Waals surface area contributed by atoms with E-state index in [4.69, 9.17) is 0 Å². The molecule has 3 nitrogen and oxygen atoms in total. The van der Waals surface area contributed by atoms with Gasteiger partial charge >= 0.3 is 6.18 Å². The van der Waals surface area contributed by atoms with E-state index in [1.165, 1.54) is 6.92 Å². The fourth-order valence-corrected chi connectivity index (χ4v) is 1.74. The lowest BCUT2D eigenvalue weighted by molar-refractivity contribution is -0.141. The summed E-state index contributed by atoms with van der Waals surface area (Å²) in [4.78, 5) is 11.6. The van der Waals surface area contributed by atoms with Crippen molar-refractivity contribution in [2.24, 2.45) is 0 Å². The third-order valence-corrected chi connectivity index (χ3v) is 2.84. The lowest BCUT2D eigenvalue weighted by Crippen LogP contribution is -2.10. The summed E-state index contributed by atoms with van der Waals surface area (Å²) in [7, 11) is 0. The summed E-state index contributed by atoms with van der Waals surface area (Å²) in [5.74, 6) is 0.388. The van der Waals surface area contributed by atoms with Crippen LogP contribution >= 0.6 is 0 Å². The van der Waals surface area contributed by atoms with Crippen molar-refractivity contribution in [3.8, 4) is 11.4 Å². The Morgan fingerprint density at radius 1 is 1.05 bits per heavy atom. The Bertz CT molecular complexity index is 604. The van der Waals surface area contributed by atoms with Gasteiger partial charge in [0.25, 0.3) is 0 Å². The molecule has 0 fully saturated rings. The molecule has 0 spiro atoms. The van der Waals surface area contributed by atoms with E-state index in [0.717, 1.165) is 11.6 Å². The molecular weight excluding hydrogens is 267 g/mol. The summed E-state index contributed by atoms with van der Waals surface area (Å²) >= 11 is 0. The van der Waals surface area contributed by atoms with Gasteiger partial charge in [-0.1, -0.05) is 19.9 Å². The smallest absolute Gasteiger partial charge is 0.254 e. The fourth-order valence-electron chi connectivity index (χ4n) is 1.74. The summed E-state index contributed by atoms with van der Waals surface area (Å²) in [5.41, 5.74) is 0.663. The zero-order valence-electron chi connectivity index (χ0n) is 11.4. The van der Waals surface area contributed by atoms with Crippen molar-refractivity contribution in [1.82, 2.24) is 15.0 Å². The van der Waals surface area contributed by atoms with Gasteiger partial charge in [0.05, 0.1) is 11.4 Å². The summed E-state index contributed by atoms with van der Waals surface area (Å²) in [6.07, 6.45) is -2.83. The van der Waals surface area contributed by atoms with Crippen molar-refractivity contribution in [1.29, 1.82) is 0 Å². The standard InChI is InChI=1S/C14H14F3N3/c1-8(2)10-4-5-11(18-7-10)12-6-13(14(15,16)17)20-9(3)19-12/h4-8H,1-3H3. The Hall–Kier alpha value is -1.98. The van der Waals surface area contributed by atoms with E-state index in [-0.39, 0.29) is 11.5 Å². The monoisotopic (exact) mass is 281 g/mol. The van der Waals surface area contributed by atoms with Gasteiger partial charge in [0.1, 0.15) is 11.5 Å². The Labute approximate surface area is 114 Å². The number of pyridine rings is 1. The van der Waals surface area contributed by atoms with Crippen molar-refractivity contribution in [3.63, 3.8) is 0 Å². The average Bonchev–Trinajstić information content (AvgIpc) is 2.37. The summed E-state index contributed by atoms with van der Waals surface area (Å²) in [6.45, 7) is 5.47. The van der Waals surface area contributed by atoms with E-state index in [1.807, 2.05) is 19.9 Å². The molecule has 6 heteroatoms. The molecule has 2 aromatic heterocycles. The van der Waals surface area contributed by atoms with E-state index < -0.39 is 11.9 Å². The van der Waals surface area contributed by atoms with Crippen LogP contribution in [-0.2, 0) is 6.18 Å². The number of nitrogens with zero attached hydrogens (tertiary/aromatic N) is 3. The van der Waals surface area contributed by atoms with Crippen LogP contribution < -0.4 is 0 Å². The molecule has 0 unspecified atom stereocenters. The molecule has 20 heavy (non-hydrogen) atoms. The molecule has 2 heterocycles. The van der Waals surface area contributed by atoms with Crippen LogP contribution in [0.2, 0.25) is 0 Å². The van der Waals surface area contributed by atoms with Gasteiger partial charge in [0, 0.05) is 6.20 Å². The highest BCUT2D eigenvalue weighted by Crippen LogP contribution is 2.29. The molecule has 0 N–H and O–H groups in total. The average molecular weight is 281 g/mol. The second-order valence-electron chi connectivity index (χ2n) is 4.81. The Balaban J connectivity index is 2.44. The number of alkyl halides is 3. The Kier molecular flexibility index (Phi) is 3.74.